The van der Waals surface area contributed by atoms with Gasteiger partial charge in [0.1, 0.15) is 11.2 Å². The maximum Gasteiger partial charge on any atom is 0.319 e. The first-order valence-corrected chi connectivity index (χ1v) is 9.40. The molecule has 3 rings (SSSR count). The normalized spacial score (nSPS) is 15.1. The Balaban J connectivity index is 1.88. The lowest BCUT2D eigenvalue weighted by atomic mass is 9.78. The zero-order valence-corrected chi connectivity index (χ0v) is 16.2. The zero-order chi connectivity index (χ0) is 20.1. The second-order valence-corrected chi connectivity index (χ2v) is 7.10. The number of methoxy groups -OCH3 is 2. The quantitative estimate of drug-likeness (QED) is 0.415. The Labute approximate surface area is 164 Å². The number of Topliss-reactive ketones (excluding diaryl/α,β-unsaturated/α-hetero) is 1. The van der Waals surface area contributed by atoms with E-state index in [1.807, 2.05) is 0 Å². The average molecular weight is 380 g/mol. The van der Waals surface area contributed by atoms with Crippen LogP contribution in [0.25, 0.3) is 0 Å². The summed E-state index contributed by atoms with van der Waals surface area (Å²) in [6, 6.07) is 13.9. The van der Waals surface area contributed by atoms with Crippen LogP contribution in [0.3, 0.4) is 0 Å². The van der Waals surface area contributed by atoms with Crippen LogP contribution in [0, 0.1) is 5.41 Å². The number of hydrogen-bond acceptors (Lipinski definition) is 5. The van der Waals surface area contributed by atoms with E-state index in [4.69, 9.17) is 9.47 Å². The van der Waals surface area contributed by atoms with Gasteiger partial charge in [-0.15, -0.1) is 0 Å². The summed E-state index contributed by atoms with van der Waals surface area (Å²) in [6.07, 6.45) is 2.70. The van der Waals surface area contributed by atoms with Gasteiger partial charge < -0.3 is 9.47 Å². The van der Waals surface area contributed by atoms with Crippen LogP contribution in [0.2, 0.25) is 0 Å². The van der Waals surface area contributed by atoms with Crippen molar-refractivity contribution in [2.75, 3.05) is 14.2 Å². The van der Waals surface area contributed by atoms with Crippen molar-refractivity contribution in [1.29, 1.82) is 0 Å². The molecule has 1 aliphatic rings. The Morgan fingerprint density at radius 1 is 0.929 bits per heavy atom. The van der Waals surface area contributed by atoms with Crippen molar-refractivity contribution < 1.29 is 23.9 Å². The van der Waals surface area contributed by atoms with Gasteiger partial charge in [0.25, 0.3) is 0 Å². The molecule has 0 saturated heterocycles. The Hall–Kier alpha value is -2.95. The fourth-order valence-electron chi connectivity index (χ4n) is 3.91. The number of hydrogen-bond donors (Lipinski definition) is 0. The molecule has 1 aliphatic carbocycles. The van der Waals surface area contributed by atoms with Crippen LogP contribution in [0.4, 0.5) is 0 Å². The summed E-state index contributed by atoms with van der Waals surface area (Å²) in [5.74, 6) is -0.133. The van der Waals surface area contributed by atoms with Gasteiger partial charge in [-0.05, 0) is 42.7 Å². The first-order chi connectivity index (χ1) is 13.5. The minimum absolute atomic E-state index is 0.0349. The second-order valence-electron chi connectivity index (χ2n) is 7.10. The molecule has 5 heteroatoms. The van der Waals surface area contributed by atoms with E-state index in [0.717, 1.165) is 12.8 Å². The molecular weight excluding hydrogens is 356 g/mol. The van der Waals surface area contributed by atoms with Gasteiger partial charge in [-0.2, -0.15) is 0 Å². The third-order valence-electron chi connectivity index (χ3n) is 5.53. The Morgan fingerprint density at radius 2 is 1.57 bits per heavy atom. The highest BCUT2D eigenvalue weighted by Crippen LogP contribution is 2.41. The van der Waals surface area contributed by atoms with Gasteiger partial charge in [0.05, 0.1) is 14.2 Å². The van der Waals surface area contributed by atoms with E-state index in [0.29, 0.717) is 35.3 Å². The minimum atomic E-state index is -1.08. The predicted octanol–water partition coefficient (Wildman–Crippen LogP) is 3.77. The van der Waals surface area contributed by atoms with E-state index >= 15 is 0 Å². The summed E-state index contributed by atoms with van der Waals surface area (Å²) in [4.78, 5) is 38.4. The average Bonchev–Trinajstić information content (AvgIpc) is 3.24. The van der Waals surface area contributed by atoms with E-state index in [2.05, 4.69) is 0 Å². The van der Waals surface area contributed by atoms with Crippen molar-refractivity contribution in [2.45, 2.75) is 32.1 Å². The van der Waals surface area contributed by atoms with E-state index < -0.39 is 11.4 Å². The maximum absolute atomic E-state index is 13.1. The zero-order valence-electron chi connectivity index (χ0n) is 16.2. The molecule has 0 aromatic heterocycles. The third-order valence-corrected chi connectivity index (χ3v) is 5.53. The van der Waals surface area contributed by atoms with Crippen LogP contribution in [-0.4, -0.2) is 31.8 Å². The third kappa shape index (κ3) is 3.70. The van der Waals surface area contributed by atoms with Crippen molar-refractivity contribution >= 4 is 17.5 Å². The molecule has 0 radical (unpaired) electrons. The molecule has 0 atom stereocenters. The van der Waals surface area contributed by atoms with E-state index in [1.165, 1.54) is 7.11 Å². The van der Waals surface area contributed by atoms with Gasteiger partial charge in [-0.25, -0.2) is 0 Å². The number of rotatable bonds is 7. The van der Waals surface area contributed by atoms with Crippen LogP contribution < -0.4 is 4.74 Å². The van der Waals surface area contributed by atoms with Crippen LogP contribution >= 0.6 is 0 Å². The topological polar surface area (TPSA) is 69.7 Å². The van der Waals surface area contributed by atoms with Crippen molar-refractivity contribution in [3.63, 3.8) is 0 Å². The number of esters is 1. The second kappa shape index (κ2) is 8.38. The number of ketones is 2. The predicted molar refractivity (Wildman–Crippen MR) is 104 cm³/mol. The molecule has 0 amide bonds. The fourth-order valence-corrected chi connectivity index (χ4v) is 3.91. The van der Waals surface area contributed by atoms with Gasteiger partial charge in [0, 0.05) is 17.5 Å². The maximum atomic E-state index is 13.1. The lowest BCUT2D eigenvalue weighted by Crippen LogP contribution is -2.39. The van der Waals surface area contributed by atoms with Gasteiger partial charge in [0.2, 0.25) is 0 Å². The number of carbonyl (C=O) groups excluding carboxylic acids is 3. The largest absolute Gasteiger partial charge is 0.497 e. The van der Waals surface area contributed by atoms with Gasteiger partial charge >= 0.3 is 5.97 Å². The van der Waals surface area contributed by atoms with Crippen molar-refractivity contribution in [3.8, 4) is 5.75 Å². The summed E-state index contributed by atoms with van der Waals surface area (Å²) in [7, 11) is 2.88. The lowest BCUT2D eigenvalue weighted by molar-refractivity contribution is -0.157. The minimum Gasteiger partial charge on any atom is -0.497 e. The van der Waals surface area contributed by atoms with E-state index in [9.17, 15) is 14.4 Å². The first kappa shape index (κ1) is 19.8. The summed E-state index contributed by atoms with van der Waals surface area (Å²) in [6.45, 7) is 0. The fraction of sp³-hybridized carbons (Fsp3) is 0.348. The van der Waals surface area contributed by atoms with Crippen LogP contribution in [-0.2, 0) is 20.7 Å². The summed E-state index contributed by atoms with van der Waals surface area (Å²) < 4.78 is 10.1. The SMILES string of the molecule is COC(=O)C1(C(=O)Cc2ccccc2C(=O)c2ccc(OC)cc2)CCCC1. The summed E-state index contributed by atoms with van der Waals surface area (Å²) >= 11 is 0. The van der Waals surface area contributed by atoms with Gasteiger partial charge in [-0.3, -0.25) is 14.4 Å². The summed E-state index contributed by atoms with van der Waals surface area (Å²) in [5.41, 5.74) is 0.539. The molecule has 0 unspecified atom stereocenters. The molecule has 0 heterocycles. The molecule has 1 saturated carbocycles. The molecule has 0 N–H and O–H groups in total. The standard InChI is InChI=1S/C23H24O5/c1-27-18-11-9-16(10-12-18)21(25)19-8-4-3-7-17(19)15-20(24)23(22(26)28-2)13-5-6-14-23/h3-4,7-12H,5-6,13-15H2,1-2H3. The smallest absolute Gasteiger partial charge is 0.319 e. The highest BCUT2D eigenvalue weighted by molar-refractivity contribution is 6.11. The van der Waals surface area contributed by atoms with Crippen LogP contribution in [0.5, 0.6) is 5.75 Å². The van der Waals surface area contributed by atoms with Gasteiger partial charge in [-0.1, -0.05) is 37.1 Å². The summed E-state index contributed by atoms with van der Waals surface area (Å²) in [5, 5.41) is 0. The molecule has 2 aromatic carbocycles. The molecule has 2 aromatic rings. The van der Waals surface area contributed by atoms with E-state index in [1.54, 1.807) is 55.6 Å². The number of carbonyl (C=O) groups is 3. The Kier molecular flexibility index (Phi) is 5.93. The van der Waals surface area contributed by atoms with Gasteiger partial charge in [0.15, 0.2) is 11.6 Å². The van der Waals surface area contributed by atoms with Crippen molar-refractivity contribution in [1.82, 2.24) is 0 Å². The molecule has 1 fully saturated rings. The van der Waals surface area contributed by atoms with Crippen molar-refractivity contribution in [2.24, 2.45) is 5.41 Å². The highest BCUT2D eigenvalue weighted by atomic mass is 16.5. The van der Waals surface area contributed by atoms with E-state index in [-0.39, 0.29) is 18.0 Å². The first-order valence-electron chi connectivity index (χ1n) is 9.40. The lowest BCUT2D eigenvalue weighted by Gasteiger charge is -2.24. The molecule has 146 valence electrons. The van der Waals surface area contributed by atoms with Crippen LogP contribution in [0.15, 0.2) is 48.5 Å². The van der Waals surface area contributed by atoms with Crippen LogP contribution in [0.1, 0.15) is 47.2 Å². The molecule has 0 aliphatic heterocycles. The molecule has 28 heavy (non-hydrogen) atoms. The molecular formula is C23H24O5. The molecule has 0 bridgehead atoms. The molecule has 0 spiro atoms. The monoisotopic (exact) mass is 380 g/mol. The van der Waals surface area contributed by atoms with Crippen molar-refractivity contribution in [3.05, 3.63) is 65.2 Å². The highest BCUT2D eigenvalue weighted by Gasteiger charge is 2.48. The Morgan fingerprint density at radius 3 is 2.18 bits per heavy atom. The molecule has 5 nitrogen and oxygen atoms in total. The number of benzene rings is 2. The number of ether oxygens (including phenoxy) is 2. The Bertz CT molecular complexity index is 876.